The molecule has 0 aliphatic heterocycles. The van der Waals surface area contributed by atoms with Crippen molar-refractivity contribution in [1.82, 2.24) is 4.31 Å². The molecule has 0 aliphatic carbocycles. The Morgan fingerprint density at radius 2 is 1.79 bits per heavy atom. The second kappa shape index (κ2) is 7.02. The van der Waals surface area contributed by atoms with Gasteiger partial charge in [0.15, 0.2) is 5.78 Å². The monoisotopic (exact) mass is 351 g/mol. The van der Waals surface area contributed by atoms with Crippen LogP contribution >= 0.6 is 0 Å². The normalized spacial score (nSPS) is 12.0. The van der Waals surface area contributed by atoms with Gasteiger partial charge in [-0.2, -0.15) is 0 Å². The topological polar surface area (TPSA) is 54.5 Å². The average Bonchev–Trinajstić information content (AvgIpc) is 2.53. The van der Waals surface area contributed by atoms with Gasteiger partial charge in [-0.05, 0) is 36.4 Å². The van der Waals surface area contributed by atoms with Gasteiger partial charge in [0, 0.05) is 31.3 Å². The molecule has 2 rings (SSSR count). The van der Waals surface area contributed by atoms with E-state index >= 15 is 0 Å². The minimum absolute atomic E-state index is 0.0142. The molecule has 24 heavy (non-hydrogen) atoms. The van der Waals surface area contributed by atoms with Crippen molar-refractivity contribution in [2.75, 3.05) is 14.1 Å². The van der Waals surface area contributed by atoms with Gasteiger partial charge in [0.1, 0.15) is 11.6 Å². The van der Waals surface area contributed by atoms with Gasteiger partial charge in [-0.25, -0.2) is 21.5 Å². The molecule has 126 valence electrons. The first-order chi connectivity index (χ1) is 11.2. The summed E-state index contributed by atoms with van der Waals surface area (Å²) in [7, 11) is -0.876. The summed E-state index contributed by atoms with van der Waals surface area (Å²) in [6.07, 6.45) is 2.32. The zero-order valence-corrected chi connectivity index (χ0v) is 13.8. The maximum absolute atomic E-state index is 13.5. The highest BCUT2D eigenvalue weighted by Gasteiger charge is 2.18. The van der Waals surface area contributed by atoms with Gasteiger partial charge in [-0.3, -0.25) is 4.79 Å². The first-order valence-corrected chi connectivity index (χ1v) is 8.36. The SMILES string of the molecule is CN(C)S(=O)(=O)c1cccc(C(=O)/C=C/c2ccc(F)cc2F)c1. The second-order valence-electron chi connectivity index (χ2n) is 5.18. The smallest absolute Gasteiger partial charge is 0.242 e. The first kappa shape index (κ1) is 18.0. The fourth-order valence-corrected chi connectivity index (χ4v) is 2.87. The molecule has 7 heteroatoms. The summed E-state index contributed by atoms with van der Waals surface area (Å²) in [4.78, 5) is 12.1. The summed E-state index contributed by atoms with van der Waals surface area (Å²) in [5, 5.41) is 0. The van der Waals surface area contributed by atoms with Crippen LogP contribution in [0.2, 0.25) is 0 Å². The minimum Gasteiger partial charge on any atom is -0.289 e. The number of sulfonamides is 1. The molecule has 2 aromatic carbocycles. The molecule has 2 aromatic rings. The number of nitrogens with zero attached hydrogens (tertiary/aromatic N) is 1. The van der Waals surface area contributed by atoms with Crippen molar-refractivity contribution < 1.29 is 22.0 Å². The molecule has 0 aromatic heterocycles. The maximum atomic E-state index is 13.5. The van der Waals surface area contributed by atoms with Crippen LogP contribution in [-0.2, 0) is 10.0 Å². The molecule has 0 saturated heterocycles. The summed E-state index contributed by atoms with van der Waals surface area (Å²) in [5.41, 5.74) is 0.207. The lowest BCUT2D eigenvalue weighted by Gasteiger charge is -2.11. The molecule has 4 nitrogen and oxygen atoms in total. The molecule has 0 aliphatic rings. The van der Waals surface area contributed by atoms with Gasteiger partial charge in [0.05, 0.1) is 4.90 Å². The van der Waals surface area contributed by atoms with Crippen molar-refractivity contribution in [3.63, 3.8) is 0 Å². The Kier molecular flexibility index (Phi) is 5.26. The van der Waals surface area contributed by atoms with Gasteiger partial charge in [-0.15, -0.1) is 0 Å². The number of rotatable bonds is 5. The third-order valence-corrected chi connectivity index (χ3v) is 5.08. The van der Waals surface area contributed by atoms with E-state index in [-0.39, 0.29) is 16.0 Å². The lowest BCUT2D eigenvalue weighted by Crippen LogP contribution is -2.22. The summed E-state index contributed by atoms with van der Waals surface area (Å²) >= 11 is 0. The quantitative estimate of drug-likeness (QED) is 0.614. The van der Waals surface area contributed by atoms with Crippen molar-refractivity contribution in [2.24, 2.45) is 0 Å². The molecule has 0 bridgehead atoms. The third kappa shape index (κ3) is 3.93. The Morgan fingerprint density at radius 3 is 2.42 bits per heavy atom. The van der Waals surface area contributed by atoms with Crippen molar-refractivity contribution in [2.45, 2.75) is 4.90 Å². The summed E-state index contributed by atoms with van der Waals surface area (Å²) in [6.45, 7) is 0. The van der Waals surface area contributed by atoms with Gasteiger partial charge < -0.3 is 0 Å². The predicted molar refractivity (Wildman–Crippen MR) is 87.0 cm³/mol. The molecule has 0 fully saturated rings. The van der Waals surface area contributed by atoms with E-state index in [0.717, 1.165) is 16.4 Å². The van der Waals surface area contributed by atoms with Crippen LogP contribution in [0.5, 0.6) is 0 Å². The Morgan fingerprint density at radius 1 is 1.08 bits per heavy atom. The number of carbonyl (C=O) groups excluding carboxylic acids is 1. The van der Waals surface area contributed by atoms with Crippen molar-refractivity contribution in [3.8, 4) is 0 Å². The first-order valence-electron chi connectivity index (χ1n) is 6.92. The number of halogens is 2. The maximum Gasteiger partial charge on any atom is 0.242 e. The summed E-state index contributed by atoms with van der Waals surface area (Å²) in [6, 6.07) is 8.56. The molecule has 0 unspecified atom stereocenters. The highest BCUT2D eigenvalue weighted by Crippen LogP contribution is 2.16. The van der Waals surface area contributed by atoms with Crippen LogP contribution < -0.4 is 0 Å². The zero-order chi connectivity index (χ0) is 17.9. The molecule has 0 radical (unpaired) electrons. The Balaban J connectivity index is 2.29. The van der Waals surface area contributed by atoms with Gasteiger partial charge in [0.2, 0.25) is 10.0 Å². The van der Waals surface area contributed by atoms with E-state index in [1.165, 1.54) is 50.5 Å². The molecule has 0 heterocycles. The van der Waals surface area contributed by atoms with Crippen LogP contribution in [0.3, 0.4) is 0 Å². The Labute approximate surface area is 139 Å². The molecule has 0 saturated carbocycles. The van der Waals surface area contributed by atoms with Crippen LogP contribution in [0, 0.1) is 11.6 Å². The van der Waals surface area contributed by atoms with Gasteiger partial charge in [0.25, 0.3) is 0 Å². The largest absolute Gasteiger partial charge is 0.289 e. The van der Waals surface area contributed by atoms with Crippen molar-refractivity contribution in [3.05, 3.63) is 71.3 Å². The molecular formula is C17H15F2NO3S. The average molecular weight is 351 g/mol. The standard InChI is InChI=1S/C17H15F2NO3S/c1-20(2)24(22,23)15-5-3-4-13(10-15)17(21)9-7-12-6-8-14(18)11-16(12)19/h3-11H,1-2H3/b9-7+. The van der Waals surface area contributed by atoms with E-state index in [4.69, 9.17) is 0 Å². The third-order valence-electron chi connectivity index (χ3n) is 3.27. The highest BCUT2D eigenvalue weighted by atomic mass is 32.2. The zero-order valence-electron chi connectivity index (χ0n) is 13.0. The highest BCUT2D eigenvalue weighted by molar-refractivity contribution is 7.89. The summed E-state index contributed by atoms with van der Waals surface area (Å²) in [5.74, 6) is -1.99. The van der Waals surface area contributed by atoms with Crippen LogP contribution in [0.15, 0.2) is 53.4 Å². The predicted octanol–water partition coefficient (Wildman–Crippen LogP) is 3.11. The van der Waals surface area contributed by atoms with Crippen molar-refractivity contribution >= 4 is 21.9 Å². The lowest BCUT2D eigenvalue weighted by atomic mass is 10.1. The fraction of sp³-hybridized carbons (Fsp3) is 0.118. The van der Waals surface area contributed by atoms with E-state index in [1.807, 2.05) is 0 Å². The lowest BCUT2D eigenvalue weighted by molar-refractivity contribution is 0.104. The number of hydrogen-bond acceptors (Lipinski definition) is 3. The Bertz CT molecular complexity index is 906. The number of allylic oxidation sites excluding steroid dienone is 1. The van der Waals surface area contributed by atoms with E-state index in [0.29, 0.717) is 6.07 Å². The molecule has 0 amide bonds. The molecule has 0 atom stereocenters. The number of ketones is 1. The molecule has 0 N–H and O–H groups in total. The molecular weight excluding hydrogens is 336 g/mol. The fourth-order valence-electron chi connectivity index (χ4n) is 1.92. The molecule has 0 spiro atoms. The number of benzene rings is 2. The number of hydrogen-bond donors (Lipinski definition) is 0. The van der Waals surface area contributed by atoms with Gasteiger partial charge >= 0.3 is 0 Å². The number of carbonyl (C=O) groups is 1. The van der Waals surface area contributed by atoms with E-state index in [9.17, 15) is 22.0 Å². The Hall–Kier alpha value is -2.38. The van der Waals surface area contributed by atoms with Crippen LogP contribution in [-0.4, -0.2) is 32.6 Å². The van der Waals surface area contributed by atoms with Crippen molar-refractivity contribution in [1.29, 1.82) is 0 Å². The van der Waals surface area contributed by atoms with E-state index in [1.54, 1.807) is 0 Å². The minimum atomic E-state index is -3.66. The van der Waals surface area contributed by atoms with Crippen LogP contribution in [0.4, 0.5) is 8.78 Å². The van der Waals surface area contributed by atoms with Gasteiger partial charge in [-0.1, -0.05) is 12.1 Å². The summed E-state index contributed by atoms with van der Waals surface area (Å²) < 4.78 is 51.6. The van der Waals surface area contributed by atoms with Crippen LogP contribution in [0.1, 0.15) is 15.9 Å². The van der Waals surface area contributed by atoms with E-state index in [2.05, 4.69) is 0 Å². The van der Waals surface area contributed by atoms with E-state index < -0.39 is 27.4 Å². The van der Waals surface area contributed by atoms with Crippen LogP contribution in [0.25, 0.3) is 6.08 Å². The second-order valence-corrected chi connectivity index (χ2v) is 7.33.